The van der Waals surface area contributed by atoms with Crippen LogP contribution in [-0.2, 0) is 9.59 Å². The second-order valence-corrected chi connectivity index (χ2v) is 5.85. The predicted molar refractivity (Wildman–Crippen MR) is 85.8 cm³/mol. The monoisotopic (exact) mass is 313 g/mol. The molecule has 1 fully saturated rings. The van der Waals surface area contributed by atoms with E-state index in [9.17, 15) is 14.7 Å². The number of fused-ring (bicyclic) bond motifs is 1. The fourth-order valence-electron chi connectivity index (χ4n) is 3.06. The number of hydrogen-bond acceptors (Lipinski definition) is 5. The Balaban J connectivity index is 1.91. The van der Waals surface area contributed by atoms with Crippen molar-refractivity contribution < 1.29 is 14.7 Å². The lowest BCUT2D eigenvalue weighted by atomic mass is 9.87. The molecule has 3 atom stereocenters. The largest absolute Gasteiger partial charge is 0.481 e. The van der Waals surface area contributed by atoms with Gasteiger partial charge in [-0.1, -0.05) is 18.2 Å². The van der Waals surface area contributed by atoms with Crippen LogP contribution in [0.1, 0.15) is 24.4 Å². The van der Waals surface area contributed by atoms with Gasteiger partial charge in [0, 0.05) is 11.6 Å². The van der Waals surface area contributed by atoms with Gasteiger partial charge in [0.15, 0.2) is 5.78 Å². The molecular formula is C17H19N3O3. The minimum atomic E-state index is -1.27. The quantitative estimate of drug-likeness (QED) is 0.718. The molecule has 6 nitrogen and oxygen atoms in total. The van der Waals surface area contributed by atoms with Crippen molar-refractivity contribution >= 4 is 22.7 Å². The summed E-state index contributed by atoms with van der Waals surface area (Å²) in [6.45, 7) is 0.732. The van der Waals surface area contributed by atoms with E-state index in [-0.39, 0.29) is 5.78 Å². The zero-order chi connectivity index (χ0) is 16.4. The van der Waals surface area contributed by atoms with Crippen molar-refractivity contribution in [1.29, 1.82) is 0 Å². The lowest BCUT2D eigenvalue weighted by Gasteiger charge is -2.22. The summed E-state index contributed by atoms with van der Waals surface area (Å²) in [5.41, 5.74) is 7.49. The molecular weight excluding hydrogens is 294 g/mol. The standard InChI is InChI=1S/C17H19N3O3/c18-15(11-8-10-4-1-2-5-12(10)20-9-11)14(17(22)23)16(21)13-6-3-7-19-13/h1-2,4-5,8-9,13-15,19H,3,6-7,18H2,(H,22,23)/t13-,14?,15-/m0/s1. The molecule has 4 N–H and O–H groups in total. The first kappa shape index (κ1) is 15.6. The van der Waals surface area contributed by atoms with Gasteiger partial charge in [0.2, 0.25) is 0 Å². The molecule has 0 spiro atoms. The third-order valence-corrected chi connectivity index (χ3v) is 4.33. The van der Waals surface area contributed by atoms with Crippen molar-refractivity contribution in [2.75, 3.05) is 6.54 Å². The van der Waals surface area contributed by atoms with Crippen LogP contribution < -0.4 is 11.1 Å². The number of carboxylic acids is 1. The van der Waals surface area contributed by atoms with E-state index in [0.29, 0.717) is 12.0 Å². The topological polar surface area (TPSA) is 105 Å². The van der Waals surface area contributed by atoms with E-state index < -0.39 is 24.0 Å². The van der Waals surface area contributed by atoms with Gasteiger partial charge in [-0.05, 0) is 37.1 Å². The fourth-order valence-corrected chi connectivity index (χ4v) is 3.06. The molecule has 2 heterocycles. The van der Waals surface area contributed by atoms with Crippen molar-refractivity contribution in [1.82, 2.24) is 10.3 Å². The van der Waals surface area contributed by atoms with Crippen LogP contribution in [0, 0.1) is 5.92 Å². The third-order valence-electron chi connectivity index (χ3n) is 4.33. The Hall–Kier alpha value is -2.31. The first-order chi connectivity index (χ1) is 11.1. The molecule has 0 aliphatic carbocycles. The second kappa shape index (κ2) is 6.44. The lowest BCUT2D eigenvalue weighted by Crippen LogP contribution is -2.43. The van der Waals surface area contributed by atoms with Gasteiger partial charge in [0.25, 0.3) is 0 Å². The van der Waals surface area contributed by atoms with E-state index in [1.54, 1.807) is 12.3 Å². The summed E-state index contributed by atoms with van der Waals surface area (Å²) in [5, 5.41) is 13.4. The van der Waals surface area contributed by atoms with Gasteiger partial charge < -0.3 is 16.2 Å². The van der Waals surface area contributed by atoms with E-state index in [1.807, 2.05) is 24.3 Å². The number of nitrogens with two attached hydrogens (primary N) is 1. The van der Waals surface area contributed by atoms with Crippen LogP contribution >= 0.6 is 0 Å². The Labute approximate surface area is 133 Å². The summed E-state index contributed by atoms with van der Waals surface area (Å²) in [6.07, 6.45) is 3.08. The van der Waals surface area contributed by atoms with Crippen molar-refractivity contribution in [2.45, 2.75) is 24.9 Å². The van der Waals surface area contributed by atoms with Gasteiger partial charge in [-0.3, -0.25) is 14.6 Å². The van der Waals surface area contributed by atoms with Crippen molar-refractivity contribution in [3.05, 3.63) is 42.1 Å². The molecule has 6 heteroatoms. The number of benzene rings is 1. The smallest absolute Gasteiger partial charge is 0.316 e. The Morgan fingerprint density at radius 1 is 1.35 bits per heavy atom. The molecule has 23 heavy (non-hydrogen) atoms. The Morgan fingerprint density at radius 3 is 2.83 bits per heavy atom. The maximum atomic E-state index is 12.5. The summed E-state index contributed by atoms with van der Waals surface area (Å²) >= 11 is 0. The van der Waals surface area contributed by atoms with Gasteiger partial charge in [-0.15, -0.1) is 0 Å². The normalized spacial score (nSPS) is 20.3. The van der Waals surface area contributed by atoms with Crippen molar-refractivity contribution in [3.8, 4) is 0 Å². The van der Waals surface area contributed by atoms with Crippen LogP contribution in [0.15, 0.2) is 36.5 Å². The van der Waals surface area contributed by atoms with Crippen LogP contribution in [0.2, 0.25) is 0 Å². The van der Waals surface area contributed by atoms with Gasteiger partial charge >= 0.3 is 5.97 Å². The molecule has 120 valence electrons. The second-order valence-electron chi connectivity index (χ2n) is 5.85. The number of carboxylic acid groups (broad SMARTS) is 1. The summed E-state index contributed by atoms with van der Waals surface area (Å²) in [7, 11) is 0. The number of nitrogens with one attached hydrogen (secondary N) is 1. The summed E-state index contributed by atoms with van der Waals surface area (Å²) in [4.78, 5) is 28.4. The van der Waals surface area contributed by atoms with E-state index in [1.165, 1.54) is 0 Å². The number of hydrogen-bond donors (Lipinski definition) is 3. The zero-order valence-electron chi connectivity index (χ0n) is 12.6. The Morgan fingerprint density at radius 2 is 2.13 bits per heavy atom. The molecule has 1 unspecified atom stereocenters. The molecule has 3 rings (SSSR count). The average molecular weight is 313 g/mol. The number of ketones is 1. The number of nitrogens with zero attached hydrogens (tertiary/aromatic N) is 1. The third kappa shape index (κ3) is 3.09. The zero-order valence-corrected chi connectivity index (χ0v) is 12.6. The molecule has 0 bridgehead atoms. The molecule has 1 aromatic heterocycles. The first-order valence-electron chi connectivity index (χ1n) is 7.68. The number of para-hydroxylation sites is 1. The predicted octanol–water partition coefficient (Wildman–Crippen LogP) is 1.26. The molecule has 1 aliphatic heterocycles. The maximum absolute atomic E-state index is 12.5. The van der Waals surface area contributed by atoms with Gasteiger partial charge in [-0.25, -0.2) is 0 Å². The molecule has 1 aromatic carbocycles. The number of aromatic nitrogens is 1. The van der Waals surface area contributed by atoms with Gasteiger partial charge in [0.1, 0.15) is 5.92 Å². The van der Waals surface area contributed by atoms with Gasteiger partial charge in [0.05, 0.1) is 17.6 Å². The lowest BCUT2D eigenvalue weighted by molar-refractivity contribution is -0.147. The minimum Gasteiger partial charge on any atom is -0.481 e. The Bertz CT molecular complexity index is 741. The molecule has 0 amide bonds. The molecule has 1 aliphatic rings. The molecule has 0 radical (unpaired) electrons. The SMILES string of the molecule is N[C@@H](c1cnc2ccccc2c1)C(C(=O)O)C(=O)[C@@H]1CCCN1. The van der Waals surface area contributed by atoms with E-state index in [2.05, 4.69) is 10.3 Å². The average Bonchev–Trinajstić information content (AvgIpc) is 3.08. The number of carbonyl (C=O) groups is 2. The number of rotatable bonds is 5. The highest BCUT2D eigenvalue weighted by molar-refractivity contribution is 6.02. The summed E-state index contributed by atoms with van der Waals surface area (Å²) in [6, 6.07) is 7.97. The number of pyridine rings is 1. The number of Topliss-reactive ketones (excluding diaryl/α,β-unsaturated/α-hetero) is 1. The van der Waals surface area contributed by atoms with Crippen molar-refractivity contribution in [2.24, 2.45) is 11.7 Å². The van der Waals surface area contributed by atoms with Crippen LogP contribution in [0.3, 0.4) is 0 Å². The molecule has 2 aromatic rings. The van der Waals surface area contributed by atoms with E-state index in [4.69, 9.17) is 5.73 Å². The van der Waals surface area contributed by atoms with Crippen LogP contribution in [0.5, 0.6) is 0 Å². The maximum Gasteiger partial charge on any atom is 0.316 e. The minimum absolute atomic E-state index is 0.351. The molecule has 0 saturated carbocycles. The summed E-state index contributed by atoms with van der Waals surface area (Å²) in [5.74, 6) is -2.81. The van der Waals surface area contributed by atoms with Gasteiger partial charge in [-0.2, -0.15) is 0 Å². The highest BCUT2D eigenvalue weighted by atomic mass is 16.4. The first-order valence-corrected chi connectivity index (χ1v) is 7.68. The molecule has 1 saturated heterocycles. The highest BCUT2D eigenvalue weighted by Gasteiger charge is 2.38. The fraction of sp³-hybridized carbons (Fsp3) is 0.353. The van der Waals surface area contributed by atoms with E-state index >= 15 is 0 Å². The highest BCUT2D eigenvalue weighted by Crippen LogP contribution is 2.25. The van der Waals surface area contributed by atoms with Crippen molar-refractivity contribution in [3.63, 3.8) is 0 Å². The number of carbonyl (C=O) groups excluding carboxylic acids is 1. The van der Waals surface area contributed by atoms with Crippen LogP contribution in [0.25, 0.3) is 10.9 Å². The number of aliphatic carboxylic acids is 1. The summed E-state index contributed by atoms with van der Waals surface area (Å²) < 4.78 is 0. The van der Waals surface area contributed by atoms with E-state index in [0.717, 1.165) is 23.9 Å². The van der Waals surface area contributed by atoms with Crippen LogP contribution in [-0.4, -0.2) is 34.4 Å². The van der Waals surface area contributed by atoms with Crippen LogP contribution in [0.4, 0.5) is 0 Å². The Kier molecular flexibility index (Phi) is 4.36.